The molecule has 3 rings (SSSR count). The Bertz CT molecular complexity index is 1080. The third kappa shape index (κ3) is 5.26. The number of pyridine rings is 1. The normalized spacial score (nSPS) is 10.1. The first-order valence-electron chi connectivity index (χ1n) is 8.95. The second-order valence-electron chi connectivity index (χ2n) is 6.39. The lowest BCUT2D eigenvalue weighted by Crippen LogP contribution is -2.19. The van der Waals surface area contributed by atoms with E-state index in [-0.39, 0.29) is 17.3 Å². The fourth-order valence-electron chi connectivity index (χ4n) is 2.66. The molecule has 1 heterocycles. The number of anilines is 3. The highest BCUT2D eigenvalue weighted by Crippen LogP contribution is 2.17. The van der Waals surface area contributed by atoms with Crippen LogP contribution in [-0.2, 0) is 4.79 Å². The van der Waals surface area contributed by atoms with E-state index in [1.807, 2.05) is 25.1 Å². The molecule has 0 saturated carbocycles. The fourth-order valence-corrected chi connectivity index (χ4v) is 2.66. The van der Waals surface area contributed by atoms with Gasteiger partial charge in [-0.3, -0.25) is 14.4 Å². The van der Waals surface area contributed by atoms with Crippen molar-refractivity contribution in [3.63, 3.8) is 0 Å². The molecule has 7 nitrogen and oxygen atoms in total. The van der Waals surface area contributed by atoms with Crippen LogP contribution in [0.3, 0.4) is 0 Å². The summed E-state index contributed by atoms with van der Waals surface area (Å²) in [7, 11) is 0. The van der Waals surface area contributed by atoms with Crippen molar-refractivity contribution in [2.75, 3.05) is 16.0 Å². The third-order valence-corrected chi connectivity index (χ3v) is 4.05. The van der Waals surface area contributed by atoms with Crippen LogP contribution in [0.2, 0.25) is 0 Å². The first kappa shape index (κ1) is 19.8. The van der Waals surface area contributed by atoms with Crippen LogP contribution >= 0.6 is 0 Å². The van der Waals surface area contributed by atoms with Gasteiger partial charge >= 0.3 is 0 Å². The van der Waals surface area contributed by atoms with Crippen molar-refractivity contribution in [2.45, 2.75) is 13.8 Å². The van der Waals surface area contributed by atoms with E-state index in [0.717, 1.165) is 5.56 Å². The fraction of sp³-hybridized carbons (Fsp3) is 0.0909. The van der Waals surface area contributed by atoms with E-state index in [0.29, 0.717) is 17.1 Å². The number of carbonyl (C=O) groups excluding carboxylic acids is 3. The Morgan fingerprint density at radius 2 is 1.31 bits per heavy atom. The van der Waals surface area contributed by atoms with E-state index in [1.54, 1.807) is 42.5 Å². The number of aryl methyl sites for hydroxylation is 1. The smallest absolute Gasteiger partial charge is 0.274 e. The van der Waals surface area contributed by atoms with Gasteiger partial charge in [0.15, 0.2) is 0 Å². The van der Waals surface area contributed by atoms with Gasteiger partial charge in [0.2, 0.25) is 5.91 Å². The van der Waals surface area contributed by atoms with Crippen molar-refractivity contribution in [2.24, 2.45) is 0 Å². The first-order valence-corrected chi connectivity index (χ1v) is 8.95. The number of para-hydroxylation sites is 1. The van der Waals surface area contributed by atoms with Crippen LogP contribution in [0.1, 0.15) is 33.5 Å². The molecule has 0 aliphatic rings. The molecular weight excluding hydrogens is 368 g/mol. The summed E-state index contributed by atoms with van der Waals surface area (Å²) >= 11 is 0. The summed E-state index contributed by atoms with van der Waals surface area (Å²) in [5.41, 5.74) is 2.91. The Balaban J connectivity index is 1.73. The molecule has 0 bridgehead atoms. The molecule has 0 spiro atoms. The van der Waals surface area contributed by atoms with Crippen molar-refractivity contribution in [3.8, 4) is 0 Å². The Morgan fingerprint density at radius 1 is 0.724 bits per heavy atom. The van der Waals surface area contributed by atoms with Crippen molar-refractivity contribution in [1.82, 2.24) is 4.98 Å². The summed E-state index contributed by atoms with van der Waals surface area (Å²) in [6.45, 7) is 3.30. The molecule has 0 fully saturated rings. The number of hydrogen-bond acceptors (Lipinski definition) is 4. The number of carbonyl (C=O) groups is 3. The van der Waals surface area contributed by atoms with Crippen molar-refractivity contribution in [1.29, 1.82) is 0 Å². The molecule has 29 heavy (non-hydrogen) atoms. The summed E-state index contributed by atoms with van der Waals surface area (Å²) in [4.78, 5) is 40.4. The Labute approximate surface area is 168 Å². The average Bonchev–Trinajstić information content (AvgIpc) is 2.69. The van der Waals surface area contributed by atoms with Gasteiger partial charge in [-0.1, -0.05) is 30.3 Å². The van der Waals surface area contributed by atoms with E-state index in [1.165, 1.54) is 13.0 Å². The zero-order valence-electron chi connectivity index (χ0n) is 16.0. The van der Waals surface area contributed by atoms with Gasteiger partial charge in [-0.25, -0.2) is 4.98 Å². The number of benzene rings is 2. The zero-order chi connectivity index (χ0) is 20.8. The van der Waals surface area contributed by atoms with Crippen LogP contribution in [0.4, 0.5) is 17.1 Å². The summed E-state index contributed by atoms with van der Waals surface area (Å²) in [6.07, 6.45) is 0. The van der Waals surface area contributed by atoms with Crippen LogP contribution in [0.15, 0.2) is 66.7 Å². The molecule has 1 aromatic heterocycles. The molecular formula is C22H20N4O3. The average molecular weight is 388 g/mol. The maximum Gasteiger partial charge on any atom is 0.274 e. The highest BCUT2D eigenvalue weighted by Gasteiger charge is 2.14. The summed E-state index contributed by atoms with van der Waals surface area (Å²) < 4.78 is 0. The molecule has 3 N–H and O–H groups in total. The molecule has 0 atom stereocenters. The highest BCUT2D eigenvalue weighted by molar-refractivity contribution is 6.06. The van der Waals surface area contributed by atoms with Crippen LogP contribution in [-0.4, -0.2) is 22.7 Å². The van der Waals surface area contributed by atoms with Crippen LogP contribution in [0.5, 0.6) is 0 Å². The molecule has 2 aromatic carbocycles. The molecule has 3 aromatic rings. The highest BCUT2D eigenvalue weighted by atomic mass is 16.2. The topological polar surface area (TPSA) is 100 Å². The molecule has 0 radical (unpaired) electrons. The lowest BCUT2D eigenvalue weighted by molar-refractivity contribution is -0.114. The SMILES string of the molecule is CC(=O)Nc1cccc(NC(=O)c2cccc(C(=O)Nc3ccccc3C)n2)c1. The Hall–Kier alpha value is -4.00. The second kappa shape index (κ2) is 8.79. The first-order chi connectivity index (χ1) is 13.9. The van der Waals surface area contributed by atoms with Crippen LogP contribution in [0.25, 0.3) is 0 Å². The van der Waals surface area contributed by atoms with Crippen molar-refractivity contribution < 1.29 is 14.4 Å². The van der Waals surface area contributed by atoms with Gasteiger partial charge < -0.3 is 16.0 Å². The maximum atomic E-state index is 12.5. The van der Waals surface area contributed by atoms with E-state index < -0.39 is 11.8 Å². The lowest BCUT2D eigenvalue weighted by atomic mass is 10.2. The van der Waals surface area contributed by atoms with Gasteiger partial charge in [-0.05, 0) is 48.9 Å². The molecule has 0 aliphatic heterocycles. The van der Waals surface area contributed by atoms with Crippen molar-refractivity contribution in [3.05, 3.63) is 83.7 Å². The predicted molar refractivity (Wildman–Crippen MR) is 112 cm³/mol. The van der Waals surface area contributed by atoms with Gasteiger partial charge in [-0.2, -0.15) is 0 Å². The zero-order valence-corrected chi connectivity index (χ0v) is 16.0. The van der Waals surface area contributed by atoms with Gasteiger partial charge in [-0.15, -0.1) is 0 Å². The Morgan fingerprint density at radius 3 is 1.97 bits per heavy atom. The van der Waals surface area contributed by atoms with E-state index >= 15 is 0 Å². The summed E-state index contributed by atoms with van der Waals surface area (Å²) in [6, 6.07) is 18.8. The molecule has 7 heteroatoms. The number of aromatic nitrogens is 1. The quantitative estimate of drug-likeness (QED) is 0.618. The predicted octanol–water partition coefficient (Wildman–Crippen LogP) is 3.85. The number of rotatable bonds is 5. The minimum Gasteiger partial charge on any atom is -0.326 e. The van der Waals surface area contributed by atoms with Gasteiger partial charge in [0, 0.05) is 24.0 Å². The molecule has 0 saturated heterocycles. The minimum absolute atomic E-state index is 0.104. The number of nitrogens with one attached hydrogen (secondary N) is 3. The van der Waals surface area contributed by atoms with E-state index in [2.05, 4.69) is 20.9 Å². The van der Waals surface area contributed by atoms with Crippen LogP contribution < -0.4 is 16.0 Å². The summed E-state index contributed by atoms with van der Waals surface area (Å²) in [5, 5.41) is 8.16. The van der Waals surface area contributed by atoms with E-state index in [9.17, 15) is 14.4 Å². The standard InChI is InChI=1S/C22H20N4O3/c1-14-7-3-4-10-18(14)26-22(29)20-12-6-11-19(25-20)21(28)24-17-9-5-8-16(13-17)23-15(2)27/h3-13H,1-2H3,(H,23,27)(H,24,28)(H,26,29). The van der Waals surface area contributed by atoms with Crippen LogP contribution in [0, 0.1) is 6.92 Å². The van der Waals surface area contributed by atoms with Crippen molar-refractivity contribution >= 4 is 34.8 Å². The Kier molecular flexibility index (Phi) is 5.99. The van der Waals surface area contributed by atoms with E-state index in [4.69, 9.17) is 0 Å². The lowest BCUT2D eigenvalue weighted by Gasteiger charge is -2.09. The molecule has 0 aliphatic carbocycles. The number of amides is 3. The van der Waals surface area contributed by atoms with Gasteiger partial charge in [0.05, 0.1) is 0 Å². The number of hydrogen-bond donors (Lipinski definition) is 3. The molecule has 3 amide bonds. The second-order valence-corrected chi connectivity index (χ2v) is 6.39. The molecule has 146 valence electrons. The largest absolute Gasteiger partial charge is 0.326 e. The maximum absolute atomic E-state index is 12.5. The monoisotopic (exact) mass is 388 g/mol. The molecule has 0 unspecified atom stereocenters. The van der Waals surface area contributed by atoms with Gasteiger partial charge in [0.25, 0.3) is 11.8 Å². The minimum atomic E-state index is -0.462. The summed E-state index contributed by atoms with van der Waals surface area (Å²) in [5.74, 6) is -1.07. The number of nitrogens with zero attached hydrogens (tertiary/aromatic N) is 1. The van der Waals surface area contributed by atoms with Gasteiger partial charge in [0.1, 0.15) is 11.4 Å². The third-order valence-electron chi connectivity index (χ3n) is 4.05.